The Hall–Kier alpha value is -3.87. The van der Waals surface area contributed by atoms with Crippen molar-refractivity contribution in [1.29, 1.82) is 0 Å². The molecule has 0 fully saturated rings. The smallest absolute Gasteiger partial charge is 0.350 e. The minimum atomic E-state index is -4.51. The van der Waals surface area contributed by atoms with E-state index in [1.165, 1.54) is 0 Å². The topological polar surface area (TPSA) is 49.4 Å². The van der Waals surface area contributed by atoms with E-state index in [9.17, 15) is 22.8 Å². The Labute approximate surface area is 176 Å². The molecule has 0 bridgehead atoms. The van der Waals surface area contributed by atoms with Crippen molar-refractivity contribution in [2.24, 2.45) is 0 Å². The number of amides is 2. The predicted octanol–water partition coefficient (Wildman–Crippen LogP) is 5.41. The standard InChI is InChI=1S/C24H17F3N2O2/c1-15-7-9-16(10-8-15)20-21(28-18-5-3-2-4-6-18)23(31)29(22(20)30)19-13-11-17(12-14-19)24(25,26)27/h2-14,28H,1H3. The molecule has 3 aromatic rings. The van der Waals surface area contributed by atoms with Gasteiger partial charge in [-0.1, -0.05) is 48.0 Å². The van der Waals surface area contributed by atoms with E-state index in [-0.39, 0.29) is 17.0 Å². The zero-order valence-corrected chi connectivity index (χ0v) is 16.4. The molecular weight excluding hydrogens is 405 g/mol. The summed E-state index contributed by atoms with van der Waals surface area (Å²) < 4.78 is 38.7. The first-order valence-electron chi connectivity index (χ1n) is 9.45. The highest BCUT2D eigenvalue weighted by molar-refractivity contribution is 6.46. The number of rotatable bonds is 4. The molecule has 4 rings (SSSR count). The lowest BCUT2D eigenvalue weighted by Crippen LogP contribution is -2.32. The molecule has 0 atom stereocenters. The minimum Gasteiger partial charge on any atom is -0.350 e. The van der Waals surface area contributed by atoms with Gasteiger partial charge >= 0.3 is 6.18 Å². The number of carbonyl (C=O) groups excluding carboxylic acids is 2. The molecule has 1 N–H and O–H groups in total. The summed E-state index contributed by atoms with van der Waals surface area (Å²) in [6.07, 6.45) is -4.51. The molecule has 3 aromatic carbocycles. The van der Waals surface area contributed by atoms with Gasteiger partial charge in [0.05, 0.1) is 16.8 Å². The fourth-order valence-electron chi connectivity index (χ4n) is 3.33. The van der Waals surface area contributed by atoms with Crippen LogP contribution in [-0.4, -0.2) is 11.8 Å². The van der Waals surface area contributed by atoms with Crippen LogP contribution in [0.4, 0.5) is 24.5 Å². The zero-order chi connectivity index (χ0) is 22.2. The van der Waals surface area contributed by atoms with Gasteiger partial charge in [-0.25, -0.2) is 4.90 Å². The first-order valence-corrected chi connectivity index (χ1v) is 9.45. The van der Waals surface area contributed by atoms with Crippen LogP contribution in [0.3, 0.4) is 0 Å². The number of aryl methyl sites for hydroxylation is 1. The monoisotopic (exact) mass is 422 g/mol. The molecule has 1 heterocycles. The number of nitrogens with zero attached hydrogens (tertiary/aromatic N) is 1. The Morgan fingerprint density at radius 1 is 0.774 bits per heavy atom. The van der Waals surface area contributed by atoms with E-state index < -0.39 is 23.6 Å². The highest BCUT2D eigenvalue weighted by Crippen LogP contribution is 2.35. The lowest BCUT2D eigenvalue weighted by molar-refractivity contribution is -0.137. The van der Waals surface area contributed by atoms with Gasteiger partial charge in [0.2, 0.25) is 0 Å². The molecule has 1 aliphatic heterocycles. The van der Waals surface area contributed by atoms with Crippen LogP contribution in [0, 0.1) is 6.92 Å². The normalized spacial score (nSPS) is 14.4. The highest BCUT2D eigenvalue weighted by atomic mass is 19.4. The van der Waals surface area contributed by atoms with Crippen molar-refractivity contribution in [3.63, 3.8) is 0 Å². The van der Waals surface area contributed by atoms with Gasteiger partial charge in [0.25, 0.3) is 11.8 Å². The quantitative estimate of drug-likeness (QED) is 0.572. The SMILES string of the molecule is Cc1ccc(C2=C(Nc3ccccc3)C(=O)N(c3ccc(C(F)(F)F)cc3)C2=O)cc1. The minimum absolute atomic E-state index is 0.0671. The summed E-state index contributed by atoms with van der Waals surface area (Å²) >= 11 is 0. The maximum Gasteiger partial charge on any atom is 0.416 e. The molecule has 0 radical (unpaired) electrons. The van der Waals surface area contributed by atoms with E-state index in [2.05, 4.69) is 5.32 Å². The number of alkyl halides is 3. The second-order valence-corrected chi connectivity index (χ2v) is 7.10. The van der Waals surface area contributed by atoms with Crippen LogP contribution in [0.2, 0.25) is 0 Å². The predicted molar refractivity (Wildman–Crippen MR) is 112 cm³/mol. The van der Waals surface area contributed by atoms with E-state index in [0.29, 0.717) is 11.3 Å². The van der Waals surface area contributed by atoms with Crippen LogP contribution in [0.1, 0.15) is 16.7 Å². The fraction of sp³-hybridized carbons (Fsp3) is 0.0833. The van der Waals surface area contributed by atoms with Gasteiger partial charge in [0, 0.05) is 5.69 Å². The lowest BCUT2D eigenvalue weighted by atomic mass is 10.0. The first kappa shape index (κ1) is 20.4. The molecule has 0 unspecified atom stereocenters. The van der Waals surface area contributed by atoms with Crippen LogP contribution in [0.25, 0.3) is 5.57 Å². The number of carbonyl (C=O) groups is 2. The van der Waals surface area contributed by atoms with Gasteiger partial charge in [-0.15, -0.1) is 0 Å². The van der Waals surface area contributed by atoms with Gasteiger partial charge in [-0.3, -0.25) is 9.59 Å². The Morgan fingerprint density at radius 3 is 1.97 bits per heavy atom. The van der Waals surface area contributed by atoms with E-state index in [1.807, 2.05) is 25.1 Å². The zero-order valence-electron chi connectivity index (χ0n) is 16.4. The number of para-hydroxylation sites is 1. The van der Waals surface area contributed by atoms with Crippen molar-refractivity contribution in [3.8, 4) is 0 Å². The van der Waals surface area contributed by atoms with Gasteiger partial charge < -0.3 is 5.32 Å². The largest absolute Gasteiger partial charge is 0.416 e. The third kappa shape index (κ3) is 3.94. The van der Waals surface area contributed by atoms with Crippen molar-refractivity contribution in [3.05, 3.63) is 101 Å². The summed E-state index contributed by atoms with van der Waals surface area (Å²) in [5, 5.41) is 3.01. The molecule has 4 nitrogen and oxygen atoms in total. The average molecular weight is 422 g/mol. The molecule has 0 saturated carbocycles. The summed E-state index contributed by atoms with van der Waals surface area (Å²) in [5.74, 6) is -1.24. The van der Waals surface area contributed by atoms with Crippen LogP contribution >= 0.6 is 0 Å². The van der Waals surface area contributed by atoms with Crippen LogP contribution in [-0.2, 0) is 15.8 Å². The van der Waals surface area contributed by atoms with E-state index >= 15 is 0 Å². The van der Waals surface area contributed by atoms with Crippen molar-refractivity contribution in [2.75, 3.05) is 10.2 Å². The van der Waals surface area contributed by atoms with E-state index in [1.54, 1.807) is 36.4 Å². The number of anilines is 2. The third-order valence-corrected chi connectivity index (χ3v) is 4.92. The summed E-state index contributed by atoms with van der Waals surface area (Å²) in [7, 11) is 0. The van der Waals surface area contributed by atoms with Gasteiger partial charge in [-0.2, -0.15) is 13.2 Å². The summed E-state index contributed by atoms with van der Waals surface area (Å²) in [6, 6.07) is 19.9. The van der Waals surface area contributed by atoms with Gasteiger partial charge in [0.15, 0.2) is 0 Å². The lowest BCUT2D eigenvalue weighted by Gasteiger charge is -2.16. The number of hydrogen-bond acceptors (Lipinski definition) is 3. The molecule has 0 aromatic heterocycles. The molecule has 156 valence electrons. The Morgan fingerprint density at radius 2 is 1.39 bits per heavy atom. The van der Waals surface area contributed by atoms with Crippen LogP contribution < -0.4 is 10.2 Å². The molecule has 2 amide bonds. The second-order valence-electron chi connectivity index (χ2n) is 7.10. The van der Waals surface area contributed by atoms with Crippen LogP contribution in [0.5, 0.6) is 0 Å². The van der Waals surface area contributed by atoms with Crippen molar-refractivity contribution >= 4 is 28.8 Å². The summed E-state index contributed by atoms with van der Waals surface area (Å²) in [6.45, 7) is 1.90. The van der Waals surface area contributed by atoms with Gasteiger partial charge in [0.1, 0.15) is 5.70 Å². The van der Waals surface area contributed by atoms with Crippen molar-refractivity contribution in [2.45, 2.75) is 13.1 Å². The average Bonchev–Trinajstić information content (AvgIpc) is 2.98. The molecule has 7 heteroatoms. The number of imide groups is 1. The second kappa shape index (κ2) is 7.75. The van der Waals surface area contributed by atoms with Crippen molar-refractivity contribution < 1.29 is 22.8 Å². The van der Waals surface area contributed by atoms with Gasteiger partial charge in [-0.05, 0) is 48.9 Å². The van der Waals surface area contributed by atoms with Crippen molar-refractivity contribution in [1.82, 2.24) is 0 Å². The summed E-state index contributed by atoms with van der Waals surface area (Å²) in [5.41, 5.74) is 1.57. The third-order valence-electron chi connectivity index (χ3n) is 4.92. The number of nitrogens with one attached hydrogen (secondary N) is 1. The molecule has 0 saturated heterocycles. The maximum atomic E-state index is 13.3. The van der Waals surface area contributed by atoms with E-state index in [0.717, 1.165) is 34.7 Å². The Bertz CT molecular complexity index is 1170. The first-order chi connectivity index (χ1) is 14.8. The number of halogens is 3. The number of hydrogen-bond donors (Lipinski definition) is 1. The van der Waals surface area contributed by atoms with Crippen LogP contribution in [0.15, 0.2) is 84.6 Å². The highest BCUT2D eigenvalue weighted by Gasteiger charge is 2.40. The maximum absolute atomic E-state index is 13.3. The summed E-state index contributed by atoms with van der Waals surface area (Å²) in [4.78, 5) is 27.4. The Balaban J connectivity index is 1.77. The fourth-order valence-corrected chi connectivity index (χ4v) is 3.33. The molecular formula is C24H17F3N2O2. The Kier molecular flexibility index (Phi) is 5.10. The molecule has 0 aliphatic carbocycles. The number of benzene rings is 3. The van der Waals surface area contributed by atoms with E-state index in [4.69, 9.17) is 0 Å². The molecule has 31 heavy (non-hydrogen) atoms. The molecule has 0 spiro atoms. The molecule has 1 aliphatic rings.